The van der Waals surface area contributed by atoms with Gasteiger partial charge in [0.15, 0.2) is 0 Å². The van der Waals surface area contributed by atoms with Gasteiger partial charge in [-0.25, -0.2) is 0 Å². The van der Waals surface area contributed by atoms with E-state index in [0.717, 1.165) is 26.5 Å². The molecule has 3 aromatic rings. The van der Waals surface area contributed by atoms with Crippen LogP contribution in [0.15, 0.2) is 42.5 Å². The van der Waals surface area contributed by atoms with Crippen molar-refractivity contribution in [3.8, 4) is 5.75 Å². The number of nitrogens with one attached hydrogen (secondary N) is 1. The molecule has 0 saturated heterocycles. The number of halogens is 1. The highest BCUT2D eigenvalue weighted by atomic mass is 35.5. The Hall–Kier alpha value is -1.71. The minimum Gasteiger partial charge on any atom is -0.508 e. The normalized spacial score (nSPS) is 10.9. The Morgan fingerprint density at radius 3 is 2.75 bits per heavy atom. The summed E-state index contributed by atoms with van der Waals surface area (Å²) >= 11 is 8.13. The number of benzene rings is 2. The molecule has 0 spiro atoms. The van der Waals surface area contributed by atoms with E-state index in [1.807, 2.05) is 31.2 Å². The Morgan fingerprint density at radius 1 is 1.20 bits per heavy atom. The van der Waals surface area contributed by atoms with Gasteiger partial charge in [-0.15, -0.1) is 11.3 Å². The largest absolute Gasteiger partial charge is 0.508 e. The first-order chi connectivity index (χ1) is 9.65. The highest BCUT2D eigenvalue weighted by Gasteiger charge is 2.09. The second kappa shape index (κ2) is 5.35. The summed E-state index contributed by atoms with van der Waals surface area (Å²) in [5.74, 6) is 0.285. The van der Waals surface area contributed by atoms with E-state index in [2.05, 4.69) is 11.4 Å². The highest BCUT2D eigenvalue weighted by molar-refractivity contribution is 7.19. The summed E-state index contributed by atoms with van der Waals surface area (Å²) in [6.07, 6.45) is 0. The zero-order valence-electron chi connectivity index (χ0n) is 11.0. The molecule has 0 aliphatic heterocycles. The van der Waals surface area contributed by atoms with Gasteiger partial charge in [0.2, 0.25) is 0 Å². The SMILES string of the molecule is Cc1cc(O)ccc1NCc1sc2ccccc2c1Cl. The highest BCUT2D eigenvalue weighted by Crippen LogP contribution is 2.35. The van der Waals surface area contributed by atoms with Crippen molar-refractivity contribution in [3.05, 3.63) is 57.9 Å². The van der Waals surface area contributed by atoms with E-state index in [1.165, 1.54) is 4.70 Å². The van der Waals surface area contributed by atoms with Crippen LogP contribution >= 0.6 is 22.9 Å². The van der Waals surface area contributed by atoms with Crippen molar-refractivity contribution in [2.75, 3.05) is 5.32 Å². The van der Waals surface area contributed by atoms with Gasteiger partial charge >= 0.3 is 0 Å². The molecule has 0 aliphatic carbocycles. The van der Waals surface area contributed by atoms with Crippen molar-refractivity contribution in [2.45, 2.75) is 13.5 Å². The summed E-state index contributed by atoms with van der Waals surface area (Å²) in [6.45, 7) is 2.65. The van der Waals surface area contributed by atoms with Gasteiger partial charge in [0.05, 0.1) is 11.6 Å². The minimum atomic E-state index is 0.285. The number of rotatable bonds is 3. The summed E-state index contributed by atoms with van der Waals surface area (Å²) in [4.78, 5) is 1.13. The Labute approximate surface area is 126 Å². The van der Waals surface area contributed by atoms with E-state index in [4.69, 9.17) is 11.6 Å². The van der Waals surface area contributed by atoms with E-state index in [0.29, 0.717) is 6.54 Å². The van der Waals surface area contributed by atoms with Gasteiger partial charge in [0.1, 0.15) is 5.75 Å². The fourth-order valence-corrected chi connectivity index (χ4v) is 3.64. The quantitative estimate of drug-likeness (QED) is 0.653. The molecule has 0 atom stereocenters. The van der Waals surface area contributed by atoms with Crippen LogP contribution in [0.2, 0.25) is 5.02 Å². The van der Waals surface area contributed by atoms with E-state index in [1.54, 1.807) is 23.5 Å². The first kappa shape index (κ1) is 13.3. The molecular formula is C16H14ClNOS. The first-order valence-electron chi connectivity index (χ1n) is 6.34. The van der Waals surface area contributed by atoms with Gasteiger partial charge in [-0.1, -0.05) is 29.8 Å². The molecule has 2 N–H and O–H groups in total. The number of anilines is 1. The van der Waals surface area contributed by atoms with Crippen LogP contribution in [0.4, 0.5) is 5.69 Å². The monoisotopic (exact) mass is 303 g/mol. The Kier molecular flexibility index (Phi) is 3.55. The lowest BCUT2D eigenvalue weighted by Gasteiger charge is -2.09. The third-order valence-electron chi connectivity index (χ3n) is 3.25. The Bertz CT molecular complexity index is 766. The molecule has 0 unspecified atom stereocenters. The fourth-order valence-electron chi connectivity index (χ4n) is 2.20. The number of hydrogen-bond donors (Lipinski definition) is 2. The van der Waals surface area contributed by atoms with Gasteiger partial charge in [-0.3, -0.25) is 0 Å². The van der Waals surface area contributed by atoms with Crippen molar-refractivity contribution in [1.82, 2.24) is 0 Å². The van der Waals surface area contributed by atoms with Crippen LogP contribution in [0.1, 0.15) is 10.4 Å². The summed E-state index contributed by atoms with van der Waals surface area (Å²) in [7, 11) is 0. The molecule has 0 fully saturated rings. The third kappa shape index (κ3) is 2.47. The predicted molar refractivity (Wildman–Crippen MR) is 87.0 cm³/mol. The standard InChI is InChI=1S/C16H14ClNOS/c1-10-8-11(19)6-7-13(10)18-9-15-16(17)12-4-2-3-5-14(12)20-15/h2-8,18-19H,9H2,1H3. The number of fused-ring (bicyclic) bond motifs is 1. The van der Waals surface area contributed by atoms with Crippen molar-refractivity contribution in [2.24, 2.45) is 0 Å². The molecule has 4 heteroatoms. The van der Waals surface area contributed by atoms with Crippen LogP contribution in [0.5, 0.6) is 5.75 Å². The number of aromatic hydroxyl groups is 1. The first-order valence-corrected chi connectivity index (χ1v) is 7.54. The van der Waals surface area contributed by atoms with Crippen molar-refractivity contribution in [3.63, 3.8) is 0 Å². The molecule has 3 rings (SSSR count). The second-order valence-electron chi connectivity index (χ2n) is 4.69. The summed E-state index contributed by atoms with van der Waals surface area (Å²) in [6, 6.07) is 13.5. The van der Waals surface area contributed by atoms with E-state index >= 15 is 0 Å². The summed E-state index contributed by atoms with van der Waals surface area (Å²) < 4.78 is 1.21. The van der Waals surface area contributed by atoms with Crippen LogP contribution in [-0.2, 0) is 6.54 Å². The smallest absolute Gasteiger partial charge is 0.115 e. The van der Waals surface area contributed by atoms with Gasteiger partial charge in [-0.05, 0) is 36.8 Å². The number of phenolic OH excluding ortho intramolecular Hbond substituents is 1. The van der Waals surface area contributed by atoms with Gasteiger partial charge < -0.3 is 10.4 Å². The molecule has 0 amide bonds. The molecule has 0 saturated carbocycles. The van der Waals surface area contributed by atoms with Crippen molar-refractivity contribution in [1.29, 1.82) is 0 Å². The Balaban J connectivity index is 1.85. The van der Waals surface area contributed by atoms with Crippen molar-refractivity contribution >= 4 is 38.7 Å². The van der Waals surface area contributed by atoms with Gasteiger partial charge in [-0.2, -0.15) is 0 Å². The molecule has 0 aliphatic rings. The molecule has 2 nitrogen and oxygen atoms in total. The van der Waals surface area contributed by atoms with Crippen LogP contribution in [0, 0.1) is 6.92 Å². The molecule has 0 radical (unpaired) electrons. The lowest BCUT2D eigenvalue weighted by atomic mass is 10.2. The second-order valence-corrected chi connectivity index (χ2v) is 6.20. The number of aryl methyl sites for hydroxylation is 1. The number of thiophene rings is 1. The van der Waals surface area contributed by atoms with E-state index in [9.17, 15) is 5.11 Å². The fraction of sp³-hybridized carbons (Fsp3) is 0.125. The molecule has 2 aromatic carbocycles. The minimum absolute atomic E-state index is 0.285. The molecular weight excluding hydrogens is 290 g/mol. The van der Waals surface area contributed by atoms with E-state index < -0.39 is 0 Å². The molecule has 1 aromatic heterocycles. The van der Waals surface area contributed by atoms with Crippen molar-refractivity contribution < 1.29 is 5.11 Å². The topological polar surface area (TPSA) is 32.3 Å². The maximum absolute atomic E-state index is 9.42. The van der Waals surface area contributed by atoms with Gasteiger partial charge in [0.25, 0.3) is 0 Å². The maximum Gasteiger partial charge on any atom is 0.115 e. The number of phenols is 1. The zero-order chi connectivity index (χ0) is 14.1. The lowest BCUT2D eigenvalue weighted by molar-refractivity contribution is 0.475. The molecule has 0 bridgehead atoms. The average Bonchev–Trinajstić information content (AvgIpc) is 2.75. The van der Waals surface area contributed by atoms with Crippen LogP contribution in [-0.4, -0.2) is 5.11 Å². The van der Waals surface area contributed by atoms with Crippen LogP contribution < -0.4 is 5.32 Å². The van der Waals surface area contributed by atoms with Gasteiger partial charge in [0, 0.05) is 20.7 Å². The maximum atomic E-state index is 9.42. The van der Waals surface area contributed by atoms with Crippen LogP contribution in [0.25, 0.3) is 10.1 Å². The average molecular weight is 304 g/mol. The molecule has 1 heterocycles. The van der Waals surface area contributed by atoms with E-state index in [-0.39, 0.29) is 5.75 Å². The Morgan fingerprint density at radius 2 is 2.00 bits per heavy atom. The predicted octanol–water partition coefficient (Wildman–Crippen LogP) is 5.18. The third-order valence-corrected chi connectivity index (χ3v) is 4.97. The summed E-state index contributed by atoms with van der Waals surface area (Å²) in [5, 5.41) is 14.7. The zero-order valence-corrected chi connectivity index (χ0v) is 12.6. The number of hydrogen-bond acceptors (Lipinski definition) is 3. The molecule has 20 heavy (non-hydrogen) atoms. The summed E-state index contributed by atoms with van der Waals surface area (Å²) in [5.41, 5.74) is 2.03. The molecule has 102 valence electrons. The lowest BCUT2D eigenvalue weighted by Crippen LogP contribution is -1.99. The van der Waals surface area contributed by atoms with Crippen LogP contribution in [0.3, 0.4) is 0 Å².